The maximum Gasteiger partial charge on any atom is 0.257 e. The minimum absolute atomic E-state index is 0.340. The Morgan fingerprint density at radius 3 is 2.62 bits per heavy atom. The first-order valence-electron chi connectivity index (χ1n) is 7.54. The van der Waals surface area contributed by atoms with Crippen LogP contribution in [0, 0.1) is 11.8 Å². The normalized spacial score (nSPS) is 22.6. The van der Waals surface area contributed by atoms with Gasteiger partial charge in [0.1, 0.15) is 0 Å². The van der Waals surface area contributed by atoms with E-state index in [0.717, 1.165) is 40.8 Å². The maximum atomic E-state index is 11.6. The lowest BCUT2D eigenvalue weighted by Crippen LogP contribution is -2.35. The fourth-order valence-corrected chi connectivity index (χ4v) is 3.92. The first-order valence-corrected chi connectivity index (χ1v) is 8.34. The molecular weight excluding hydrogens is 332 g/mol. The van der Waals surface area contributed by atoms with Crippen molar-refractivity contribution in [2.75, 3.05) is 23.3 Å². The summed E-state index contributed by atoms with van der Waals surface area (Å²) < 4.78 is 0.944. The van der Waals surface area contributed by atoms with Crippen LogP contribution in [0.25, 0.3) is 0 Å². The second-order valence-electron chi connectivity index (χ2n) is 6.35. The molecule has 1 saturated heterocycles. The van der Waals surface area contributed by atoms with Crippen molar-refractivity contribution in [2.45, 2.75) is 32.8 Å². The molecule has 0 saturated carbocycles. The first-order chi connectivity index (χ1) is 9.97. The number of aliphatic hydroxyl groups excluding tert-OH is 1. The highest BCUT2D eigenvalue weighted by Crippen LogP contribution is 2.40. The second-order valence-corrected chi connectivity index (χ2v) is 7.21. The Kier molecular flexibility index (Phi) is 3.97. The van der Waals surface area contributed by atoms with E-state index in [9.17, 15) is 9.90 Å². The van der Waals surface area contributed by atoms with Gasteiger partial charge in [-0.15, -0.1) is 0 Å². The number of halogens is 1. The molecule has 1 fully saturated rings. The lowest BCUT2D eigenvalue weighted by Gasteiger charge is -2.36. The molecule has 2 heterocycles. The molecule has 0 aromatic heterocycles. The fourth-order valence-electron chi connectivity index (χ4n) is 3.30. The molecular formula is C16H21BrN2O2. The minimum Gasteiger partial charge on any atom is -0.378 e. The number of piperidine rings is 1. The number of amides is 1. The van der Waals surface area contributed by atoms with Crippen molar-refractivity contribution in [2.24, 2.45) is 11.8 Å². The summed E-state index contributed by atoms with van der Waals surface area (Å²) in [6.45, 7) is 6.67. The summed E-state index contributed by atoms with van der Waals surface area (Å²) >= 11 is 3.59. The average molecular weight is 353 g/mol. The lowest BCUT2D eigenvalue weighted by molar-refractivity contribution is -0.123. The Morgan fingerprint density at radius 1 is 1.33 bits per heavy atom. The van der Waals surface area contributed by atoms with E-state index in [-0.39, 0.29) is 5.91 Å². The van der Waals surface area contributed by atoms with E-state index < -0.39 is 6.10 Å². The summed E-state index contributed by atoms with van der Waals surface area (Å²) in [6, 6.07) is 3.84. The largest absolute Gasteiger partial charge is 0.378 e. The van der Waals surface area contributed by atoms with Crippen molar-refractivity contribution in [3.63, 3.8) is 0 Å². The quantitative estimate of drug-likeness (QED) is 0.858. The smallest absolute Gasteiger partial charge is 0.257 e. The molecule has 0 radical (unpaired) electrons. The molecule has 5 heteroatoms. The molecule has 1 aromatic rings. The van der Waals surface area contributed by atoms with Crippen LogP contribution in [0.4, 0.5) is 11.4 Å². The number of carbonyl (C=O) groups is 1. The van der Waals surface area contributed by atoms with Crippen molar-refractivity contribution in [1.82, 2.24) is 0 Å². The van der Waals surface area contributed by atoms with Crippen molar-refractivity contribution < 1.29 is 9.90 Å². The zero-order chi connectivity index (χ0) is 15.1. The Balaban J connectivity index is 1.82. The molecule has 4 nitrogen and oxygen atoms in total. The van der Waals surface area contributed by atoms with Gasteiger partial charge in [0.25, 0.3) is 5.91 Å². The summed E-state index contributed by atoms with van der Waals surface area (Å²) in [6.07, 6.45) is 1.36. The number of nitrogens with one attached hydrogen (secondary N) is 1. The summed E-state index contributed by atoms with van der Waals surface area (Å²) in [5, 5.41) is 12.6. The Labute approximate surface area is 133 Å². The van der Waals surface area contributed by atoms with Crippen molar-refractivity contribution in [3.05, 3.63) is 22.2 Å². The molecule has 1 amide bonds. The van der Waals surface area contributed by atoms with Crippen molar-refractivity contribution >= 4 is 33.2 Å². The number of benzene rings is 1. The summed E-state index contributed by atoms with van der Waals surface area (Å²) in [7, 11) is 0. The SMILES string of the molecule is CC(C)C1CCN(c2cc3c(cc2Br)C(O)C(=O)N3)CC1. The van der Waals surface area contributed by atoms with Gasteiger partial charge in [0.2, 0.25) is 0 Å². The highest BCUT2D eigenvalue weighted by Gasteiger charge is 2.31. The molecule has 1 unspecified atom stereocenters. The molecule has 0 spiro atoms. The van der Waals surface area contributed by atoms with Gasteiger partial charge in [-0.25, -0.2) is 0 Å². The molecule has 114 valence electrons. The van der Waals surface area contributed by atoms with Gasteiger partial charge in [-0.3, -0.25) is 4.79 Å². The van der Waals surface area contributed by atoms with Crippen LogP contribution in [0.15, 0.2) is 16.6 Å². The zero-order valence-corrected chi connectivity index (χ0v) is 14.0. The van der Waals surface area contributed by atoms with E-state index in [0.29, 0.717) is 5.56 Å². The van der Waals surface area contributed by atoms with Gasteiger partial charge < -0.3 is 15.3 Å². The predicted molar refractivity (Wildman–Crippen MR) is 87.5 cm³/mol. The van der Waals surface area contributed by atoms with Crippen LogP contribution in [0.1, 0.15) is 38.4 Å². The number of anilines is 2. The topological polar surface area (TPSA) is 52.6 Å². The van der Waals surface area contributed by atoms with Gasteiger partial charge in [-0.1, -0.05) is 13.8 Å². The van der Waals surface area contributed by atoms with Gasteiger partial charge >= 0.3 is 0 Å². The number of nitrogens with zero attached hydrogens (tertiary/aromatic N) is 1. The second kappa shape index (κ2) is 5.61. The monoisotopic (exact) mass is 352 g/mol. The first kappa shape index (κ1) is 14.9. The number of fused-ring (bicyclic) bond motifs is 1. The molecule has 21 heavy (non-hydrogen) atoms. The summed E-state index contributed by atoms with van der Waals surface area (Å²) in [5.74, 6) is 1.20. The third kappa shape index (κ3) is 2.69. The van der Waals surface area contributed by atoms with E-state index in [1.807, 2.05) is 12.1 Å². The van der Waals surface area contributed by atoms with Crippen LogP contribution < -0.4 is 10.2 Å². The number of carbonyl (C=O) groups excluding carboxylic acids is 1. The number of hydrogen-bond donors (Lipinski definition) is 2. The zero-order valence-electron chi connectivity index (χ0n) is 12.4. The Hall–Kier alpha value is -1.07. The standard InChI is InChI=1S/C16H21BrN2O2/c1-9(2)10-3-5-19(6-4-10)14-8-13-11(7-12(14)17)15(20)16(21)18-13/h7-10,15,20H,3-6H2,1-2H3,(H,18,21). The van der Waals surface area contributed by atoms with Crippen LogP contribution in [0.3, 0.4) is 0 Å². The molecule has 2 aliphatic heterocycles. The summed E-state index contributed by atoms with van der Waals surface area (Å²) in [4.78, 5) is 13.9. The van der Waals surface area contributed by atoms with E-state index in [1.165, 1.54) is 12.8 Å². The van der Waals surface area contributed by atoms with E-state index in [4.69, 9.17) is 0 Å². The highest BCUT2D eigenvalue weighted by atomic mass is 79.9. The molecule has 2 N–H and O–H groups in total. The van der Waals surface area contributed by atoms with Crippen LogP contribution in [-0.4, -0.2) is 24.1 Å². The maximum absolute atomic E-state index is 11.6. The van der Waals surface area contributed by atoms with Crippen LogP contribution >= 0.6 is 15.9 Å². The molecule has 0 aliphatic carbocycles. The van der Waals surface area contributed by atoms with Gasteiger partial charge in [-0.2, -0.15) is 0 Å². The van der Waals surface area contributed by atoms with Crippen LogP contribution in [-0.2, 0) is 4.79 Å². The molecule has 0 bridgehead atoms. The third-order valence-corrected chi connectivity index (χ3v) is 5.38. The number of rotatable bonds is 2. The predicted octanol–water partition coefficient (Wildman–Crippen LogP) is 3.31. The third-order valence-electron chi connectivity index (χ3n) is 4.74. The Morgan fingerprint density at radius 2 is 2.00 bits per heavy atom. The van der Waals surface area contributed by atoms with Crippen molar-refractivity contribution in [1.29, 1.82) is 0 Å². The van der Waals surface area contributed by atoms with Gasteiger partial charge in [0.15, 0.2) is 6.10 Å². The van der Waals surface area contributed by atoms with E-state index >= 15 is 0 Å². The van der Waals surface area contributed by atoms with E-state index in [2.05, 4.69) is 40.0 Å². The Bertz CT molecular complexity index is 566. The fraction of sp³-hybridized carbons (Fsp3) is 0.562. The van der Waals surface area contributed by atoms with Gasteiger partial charge in [0.05, 0.1) is 5.69 Å². The van der Waals surface area contributed by atoms with Crippen LogP contribution in [0.5, 0.6) is 0 Å². The minimum atomic E-state index is -1.04. The van der Waals surface area contributed by atoms with Crippen LogP contribution in [0.2, 0.25) is 0 Å². The van der Waals surface area contributed by atoms with Crippen molar-refractivity contribution in [3.8, 4) is 0 Å². The van der Waals surface area contributed by atoms with E-state index in [1.54, 1.807) is 0 Å². The summed E-state index contributed by atoms with van der Waals surface area (Å²) in [5.41, 5.74) is 2.50. The molecule has 1 aromatic carbocycles. The lowest BCUT2D eigenvalue weighted by atomic mass is 9.86. The number of hydrogen-bond acceptors (Lipinski definition) is 3. The van der Waals surface area contributed by atoms with Gasteiger partial charge in [-0.05, 0) is 52.7 Å². The highest BCUT2D eigenvalue weighted by molar-refractivity contribution is 9.10. The molecule has 3 rings (SSSR count). The average Bonchev–Trinajstić information content (AvgIpc) is 2.73. The molecule has 2 aliphatic rings. The van der Waals surface area contributed by atoms with Gasteiger partial charge in [0, 0.05) is 28.8 Å². The molecule has 1 atom stereocenters. The number of aliphatic hydroxyl groups is 1.